The summed E-state index contributed by atoms with van der Waals surface area (Å²) in [4.78, 5) is 9.39. The van der Waals surface area contributed by atoms with E-state index in [0.717, 1.165) is 56.9 Å². The van der Waals surface area contributed by atoms with Crippen LogP contribution in [0.4, 0.5) is 5.82 Å². The summed E-state index contributed by atoms with van der Waals surface area (Å²) in [6, 6.07) is 10.6. The van der Waals surface area contributed by atoms with Crippen molar-refractivity contribution in [3.05, 3.63) is 59.4 Å². The molecule has 0 radical (unpaired) electrons. The van der Waals surface area contributed by atoms with E-state index < -0.39 is 0 Å². The number of aromatic nitrogens is 3. The normalized spacial score (nSPS) is 17.3. The predicted molar refractivity (Wildman–Crippen MR) is 122 cm³/mol. The molecule has 0 bridgehead atoms. The predicted octanol–water partition coefficient (Wildman–Crippen LogP) is 2.86. The van der Waals surface area contributed by atoms with E-state index in [0.29, 0.717) is 0 Å². The van der Waals surface area contributed by atoms with Gasteiger partial charge in [0.15, 0.2) is 5.65 Å². The first-order valence-electron chi connectivity index (χ1n) is 11.3. The highest BCUT2D eigenvalue weighted by molar-refractivity contribution is 5.81. The first kappa shape index (κ1) is 19.3. The van der Waals surface area contributed by atoms with Crippen LogP contribution in [0.15, 0.2) is 42.5 Å². The summed E-state index contributed by atoms with van der Waals surface area (Å²) in [6.07, 6.45) is 4.68. The number of piperazine rings is 1. The van der Waals surface area contributed by atoms with E-state index in [1.807, 2.05) is 0 Å². The van der Waals surface area contributed by atoms with E-state index >= 15 is 0 Å². The lowest BCUT2D eigenvalue weighted by atomic mass is 9.95. The van der Waals surface area contributed by atoms with E-state index in [-0.39, 0.29) is 0 Å². The summed E-state index contributed by atoms with van der Waals surface area (Å²) in [6.45, 7) is 13.9. The second-order valence-electron chi connectivity index (χ2n) is 9.00. The molecule has 1 saturated heterocycles. The Balaban J connectivity index is 1.61. The minimum absolute atomic E-state index is 1.02. The molecule has 0 atom stereocenters. The van der Waals surface area contributed by atoms with E-state index in [2.05, 4.69) is 60.2 Å². The number of anilines is 1. The third-order valence-corrected chi connectivity index (χ3v) is 6.57. The molecule has 0 saturated carbocycles. The molecular weight excluding hydrogens is 370 g/mol. The van der Waals surface area contributed by atoms with Crippen molar-refractivity contribution in [1.82, 2.24) is 14.6 Å². The van der Waals surface area contributed by atoms with Gasteiger partial charge in [0, 0.05) is 16.8 Å². The summed E-state index contributed by atoms with van der Waals surface area (Å²) >= 11 is 0. The molecule has 1 fully saturated rings. The first-order chi connectivity index (χ1) is 14.6. The number of hydrogen-bond acceptors (Lipinski definition) is 3. The minimum atomic E-state index is 1.02. The SMILES string of the molecule is C=C(C)C[NH+]1CCN(c2c3c(nc4c(-c5ccccc5)c(C)nn24)CCCC3)CC1. The van der Waals surface area contributed by atoms with Gasteiger partial charge >= 0.3 is 0 Å². The minimum Gasteiger partial charge on any atom is -0.345 e. The number of benzene rings is 1. The molecule has 0 spiro atoms. The average Bonchev–Trinajstić information content (AvgIpc) is 3.08. The lowest BCUT2D eigenvalue weighted by molar-refractivity contribution is -0.895. The highest BCUT2D eigenvalue weighted by Crippen LogP contribution is 2.35. The van der Waals surface area contributed by atoms with Crippen LogP contribution in [0.3, 0.4) is 0 Å². The smallest absolute Gasteiger partial charge is 0.165 e. The molecule has 5 rings (SSSR count). The van der Waals surface area contributed by atoms with Gasteiger partial charge in [0.25, 0.3) is 0 Å². The molecule has 1 aliphatic carbocycles. The van der Waals surface area contributed by atoms with Crippen molar-refractivity contribution in [3.8, 4) is 11.1 Å². The van der Waals surface area contributed by atoms with Gasteiger partial charge in [-0.15, -0.1) is 0 Å². The van der Waals surface area contributed by atoms with E-state index in [1.54, 1.807) is 4.90 Å². The first-order valence-corrected chi connectivity index (χ1v) is 11.3. The van der Waals surface area contributed by atoms with E-state index in [4.69, 9.17) is 10.1 Å². The van der Waals surface area contributed by atoms with E-state index in [9.17, 15) is 0 Å². The van der Waals surface area contributed by atoms with Gasteiger partial charge in [-0.3, -0.25) is 0 Å². The number of quaternary nitrogens is 1. The summed E-state index contributed by atoms with van der Waals surface area (Å²) < 4.78 is 2.16. The van der Waals surface area contributed by atoms with Gasteiger partial charge < -0.3 is 9.80 Å². The molecular formula is C25H32N5+. The van der Waals surface area contributed by atoms with Gasteiger partial charge in [0.1, 0.15) is 5.82 Å². The van der Waals surface area contributed by atoms with Crippen LogP contribution in [0.1, 0.15) is 36.7 Å². The summed E-state index contributed by atoms with van der Waals surface area (Å²) in [5.74, 6) is 1.30. The molecule has 2 aromatic heterocycles. The molecule has 2 aliphatic rings. The molecule has 3 heterocycles. The molecule has 5 heteroatoms. The highest BCUT2D eigenvalue weighted by atomic mass is 15.4. The Morgan fingerprint density at radius 3 is 2.57 bits per heavy atom. The van der Waals surface area contributed by atoms with Crippen molar-refractivity contribution in [2.24, 2.45) is 0 Å². The lowest BCUT2D eigenvalue weighted by Gasteiger charge is -2.35. The molecule has 30 heavy (non-hydrogen) atoms. The van der Waals surface area contributed by atoms with Gasteiger partial charge in [0.2, 0.25) is 0 Å². The number of nitrogens with one attached hydrogen (secondary N) is 1. The van der Waals surface area contributed by atoms with Crippen LogP contribution in [-0.2, 0) is 12.8 Å². The zero-order valence-corrected chi connectivity index (χ0v) is 18.2. The molecule has 1 aromatic carbocycles. The highest BCUT2D eigenvalue weighted by Gasteiger charge is 2.29. The topological polar surface area (TPSA) is 37.9 Å². The number of nitrogens with zero attached hydrogens (tertiary/aromatic N) is 4. The average molecular weight is 403 g/mol. The molecule has 0 unspecified atom stereocenters. The van der Waals surface area contributed by atoms with Gasteiger partial charge in [0.05, 0.1) is 38.4 Å². The van der Waals surface area contributed by atoms with Crippen LogP contribution < -0.4 is 9.80 Å². The van der Waals surface area contributed by atoms with Crippen molar-refractivity contribution >= 4 is 11.5 Å². The van der Waals surface area contributed by atoms with E-state index in [1.165, 1.54) is 46.6 Å². The second kappa shape index (κ2) is 7.88. The van der Waals surface area contributed by atoms with Gasteiger partial charge in [-0.05, 0) is 50.7 Å². The van der Waals surface area contributed by atoms with Crippen molar-refractivity contribution < 1.29 is 4.90 Å². The van der Waals surface area contributed by atoms with Crippen molar-refractivity contribution in [2.45, 2.75) is 39.5 Å². The lowest BCUT2D eigenvalue weighted by Crippen LogP contribution is -3.15. The summed E-state index contributed by atoms with van der Waals surface area (Å²) in [5, 5.41) is 5.03. The van der Waals surface area contributed by atoms with Gasteiger partial charge in [-0.1, -0.05) is 36.9 Å². The fourth-order valence-corrected chi connectivity index (χ4v) is 5.18. The van der Waals surface area contributed by atoms with Gasteiger partial charge in [-0.2, -0.15) is 9.61 Å². The molecule has 1 aliphatic heterocycles. The monoisotopic (exact) mass is 402 g/mol. The number of rotatable bonds is 4. The van der Waals surface area contributed by atoms with Gasteiger partial charge in [-0.25, -0.2) is 4.98 Å². The number of hydrogen-bond donors (Lipinski definition) is 1. The third-order valence-electron chi connectivity index (χ3n) is 6.57. The Kier molecular flexibility index (Phi) is 5.07. The van der Waals surface area contributed by atoms with Crippen molar-refractivity contribution in [2.75, 3.05) is 37.6 Å². The number of aryl methyl sites for hydroxylation is 2. The maximum absolute atomic E-state index is 5.18. The molecule has 156 valence electrons. The zero-order chi connectivity index (χ0) is 20.7. The Bertz CT molecular complexity index is 1070. The summed E-state index contributed by atoms with van der Waals surface area (Å²) in [5.41, 5.74) is 8.45. The van der Waals surface area contributed by atoms with Crippen LogP contribution in [0.25, 0.3) is 16.8 Å². The molecule has 0 amide bonds. The van der Waals surface area contributed by atoms with Crippen LogP contribution >= 0.6 is 0 Å². The maximum atomic E-state index is 5.18. The Morgan fingerprint density at radius 2 is 1.83 bits per heavy atom. The van der Waals surface area contributed by atoms with Crippen LogP contribution in [0, 0.1) is 6.92 Å². The van der Waals surface area contributed by atoms with Crippen molar-refractivity contribution in [1.29, 1.82) is 0 Å². The van der Waals surface area contributed by atoms with Crippen LogP contribution in [-0.4, -0.2) is 47.3 Å². The second-order valence-corrected chi connectivity index (χ2v) is 9.00. The van der Waals surface area contributed by atoms with Crippen LogP contribution in [0.5, 0.6) is 0 Å². The molecule has 1 N–H and O–H groups in total. The largest absolute Gasteiger partial charge is 0.345 e. The standard InChI is InChI=1S/C25H31N5/c1-18(2)17-28-13-15-29(16-14-28)25-21-11-7-8-12-22(21)26-24-23(19(3)27-30(24)25)20-9-5-4-6-10-20/h4-6,9-10H,1,7-8,11-17H2,2-3H3/p+1. The fraction of sp³-hybridized carbons (Fsp3) is 0.440. The van der Waals surface area contributed by atoms with Crippen LogP contribution in [0.2, 0.25) is 0 Å². The Labute approximate surface area is 179 Å². The summed E-state index contributed by atoms with van der Waals surface area (Å²) in [7, 11) is 0. The molecule has 5 nitrogen and oxygen atoms in total. The van der Waals surface area contributed by atoms with Crippen molar-refractivity contribution in [3.63, 3.8) is 0 Å². The Morgan fingerprint density at radius 1 is 1.10 bits per heavy atom. The molecule has 3 aromatic rings. The number of fused-ring (bicyclic) bond motifs is 2. The Hall–Kier alpha value is -2.66. The fourth-order valence-electron chi connectivity index (χ4n) is 5.18. The maximum Gasteiger partial charge on any atom is 0.165 e. The zero-order valence-electron chi connectivity index (χ0n) is 18.2. The third kappa shape index (κ3) is 3.41. The quantitative estimate of drug-likeness (QED) is 0.682.